The summed E-state index contributed by atoms with van der Waals surface area (Å²) in [5.41, 5.74) is 3.08. The largest absolute Gasteiger partial charge is 0.493 e. The molecule has 1 amide bonds. The number of aromatic nitrogens is 2. The molecule has 0 unspecified atom stereocenters. The van der Waals surface area contributed by atoms with Gasteiger partial charge in [-0.05, 0) is 61.6 Å². The van der Waals surface area contributed by atoms with Crippen molar-refractivity contribution in [2.75, 3.05) is 20.3 Å². The number of aryl methyl sites for hydroxylation is 2. The van der Waals surface area contributed by atoms with Gasteiger partial charge in [0.25, 0.3) is 0 Å². The maximum Gasteiger partial charge on any atom is 0.224 e. The lowest BCUT2D eigenvalue weighted by molar-refractivity contribution is -0.120. The van der Waals surface area contributed by atoms with E-state index in [1.807, 2.05) is 54.6 Å². The van der Waals surface area contributed by atoms with Crippen molar-refractivity contribution in [1.29, 1.82) is 0 Å². The topological polar surface area (TPSA) is 65.4 Å². The van der Waals surface area contributed by atoms with Crippen molar-refractivity contribution in [1.82, 2.24) is 14.9 Å². The van der Waals surface area contributed by atoms with Crippen LogP contribution in [0.5, 0.6) is 11.5 Å². The number of imidazole rings is 1. The first-order valence-corrected chi connectivity index (χ1v) is 13.7. The Morgan fingerprint density at radius 2 is 1.66 bits per heavy atom. The fourth-order valence-corrected chi connectivity index (χ4v) is 4.75. The van der Waals surface area contributed by atoms with Crippen LogP contribution in [0.4, 0.5) is 0 Å². The Labute approximate surface area is 229 Å². The number of carbonyl (C=O) groups excluding carboxylic acids is 1. The number of fused-ring (bicyclic) bond motifs is 1. The van der Waals surface area contributed by atoms with Crippen LogP contribution in [0, 0.1) is 0 Å². The van der Waals surface area contributed by atoms with Gasteiger partial charge < -0.3 is 19.4 Å². The lowest BCUT2D eigenvalue weighted by Gasteiger charge is -2.12. The second kappa shape index (κ2) is 14.4. The number of amides is 1. The van der Waals surface area contributed by atoms with E-state index in [-0.39, 0.29) is 5.91 Å². The minimum absolute atomic E-state index is 0.00887. The number of rotatable bonds is 15. The number of nitrogens with one attached hydrogen (secondary N) is 1. The molecule has 0 aliphatic heterocycles. The van der Waals surface area contributed by atoms with E-state index in [1.165, 1.54) is 5.52 Å². The van der Waals surface area contributed by atoms with Gasteiger partial charge in [-0.15, -0.1) is 0 Å². The highest BCUT2D eigenvalue weighted by Gasteiger charge is 2.11. The van der Waals surface area contributed by atoms with Gasteiger partial charge in [-0.2, -0.15) is 0 Å². The summed E-state index contributed by atoms with van der Waals surface area (Å²) >= 11 is 6.16. The van der Waals surface area contributed by atoms with Gasteiger partial charge in [0.15, 0.2) is 11.5 Å². The predicted octanol–water partition coefficient (Wildman–Crippen LogP) is 6.63. The molecular formula is C31H36ClN3O3. The standard InChI is InChI=1S/C31H36ClN3O3/c1-37-28-17-8-9-18-29(28)38-22-12-11-21-35-27-16-7-6-15-26(27)34-30(35)19-3-2-10-20-33-31(36)23-24-13-4-5-14-25(24)32/h4-9,13-18H,2-3,10-12,19-23H2,1H3,(H,33,36). The van der Waals surface area contributed by atoms with Crippen molar-refractivity contribution < 1.29 is 14.3 Å². The van der Waals surface area contributed by atoms with Gasteiger partial charge in [0, 0.05) is 24.5 Å². The number of hydrogen-bond acceptors (Lipinski definition) is 4. The van der Waals surface area contributed by atoms with E-state index in [1.54, 1.807) is 7.11 Å². The number of carbonyl (C=O) groups is 1. The van der Waals surface area contributed by atoms with Gasteiger partial charge >= 0.3 is 0 Å². The molecule has 0 saturated heterocycles. The summed E-state index contributed by atoms with van der Waals surface area (Å²) in [7, 11) is 1.66. The molecule has 0 aliphatic rings. The lowest BCUT2D eigenvalue weighted by Crippen LogP contribution is -2.26. The molecule has 0 atom stereocenters. The average molecular weight is 534 g/mol. The molecule has 4 rings (SSSR count). The number of unbranched alkanes of at least 4 members (excludes halogenated alkanes) is 3. The third-order valence-corrected chi connectivity index (χ3v) is 6.91. The fraction of sp³-hybridized carbons (Fsp3) is 0.355. The van der Waals surface area contributed by atoms with Crippen LogP contribution in [-0.2, 0) is 24.2 Å². The zero-order chi connectivity index (χ0) is 26.6. The van der Waals surface area contributed by atoms with Crippen molar-refractivity contribution in [2.45, 2.75) is 51.5 Å². The maximum atomic E-state index is 12.2. The van der Waals surface area contributed by atoms with Gasteiger partial charge in [0.1, 0.15) is 5.82 Å². The Kier molecular flexibility index (Phi) is 10.5. The molecule has 4 aromatic rings. The maximum absolute atomic E-state index is 12.2. The predicted molar refractivity (Wildman–Crippen MR) is 153 cm³/mol. The molecule has 1 heterocycles. The van der Waals surface area contributed by atoms with Crippen LogP contribution in [0.1, 0.15) is 43.5 Å². The van der Waals surface area contributed by atoms with Gasteiger partial charge in [-0.3, -0.25) is 4.79 Å². The van der Waals surface area contributed by atoms with Crippen molar-refractivity contribution in [3.05, 3.63) is 89.2 Å². The van der Waals surface area contributed by atoms with Gasteiger partial charge in [0.2, 0.25) is 5.91 Å². The van der Waals surface area contributed by atoms with Crippen molar-refractivity contribution in [2.24, 2.45) is 0 Å². The zero-order valence-electron chi connectivity index (χ0n) is 22.0. The summed E-state index contributed by atoms with van der Waals surface area (Å²) in [4.78, 5) is 17.1. The minimum Gasteiger partial charge on any atom is -0.493 e. The molecule has 6 nitrogen and oxygen atoms in total. The first kappa shape index (κ1) is 27.5. The van der Waals surface area contributed by atoms with E-state index in [9.17, 15) is 4.79 Å². The van der Waals surface area contributed by atoms with Crippen molar-refractivity contribution >= 4 is 28.5 Å². The van der Waals surface area contributed by atoms with Crippen LogP contribution in [0.15, 0.2) is 72.8 Å². The monoisotopic (exact) mass is 533 g/mol. The van der Waals surface area contributed by atoms with Crippen LogP contribution in [0.3, 0.4) is 0 Å². The number of benzene rings is 3. The molecule has 7 heteroatoms. The SMILES string of the molecule is COc1ccccc1OCCCCn1c(CCCCCNC(=O)Cc2ccccc2Cl)nc2ccccc21. The van der Waals surface area contributed by atoms with E-state index in [4.69, 9.17) is 26.1 Å². The highest BCUT2D eigenvalue weighted by molar-refractivity contribution is 6.31. The number of ether oxygens (including phenoxy) is 2. The van der Waals surface area contributed by atoms with Gasteiger partial charge in [0.05, 0.1) is 31.2 Å². The molecule has 38 heavy (non-hydrogen) atoms. The molecule has 1 aromatic heterocycles. The number of hydrogen-bond donors (Lipinski definition) is 1. The van der Waals surface area contributed by atoms with Gasteiger partial charge in [-0.1, -0.05) is 60.5 Å². The smallest absolute Gasteiger partial charge is 0.224 e. The first-order valence-electron chi connectivity index (χ1n) is 13.4. The molecule has 0 spiro atoms. The zero-order valence-corrected chi connectivity index (χ0v) is 22.8. The molecule has 3 aromatic carbocycles. The molecule has 0 bridgehead atoms. The first-order chi connectivity index (χ1) is 18.7. The van der Waals surface area contributed by atoms with Crippen LogP contribution in [0.2, 0.25) is 5.02 Å². The van der Waals surface area contributed by atoms with Crippen molar-refractivity contribution in [3.63, 3.8) is 0 Å². The summed E-state index contributed by atoms with van der Waals surface area (Å²) in [6, 6.07) is 23.5. The Balaban J connectivity index is 1.20. The average Bonchev–Trinajstić information content (AvgIpc) is 3.29. The summed E-state index contributed by atoms with van der Waals surface area (Å²) in [5.74, 6) is 2.67. The summed E-state index contributed by atoms with van der Waals surface area (Å²) in [5, 5.41) is 3.64. The molecular weight excluding hydrogens is 498 g/mol. The van der Waals surface area contributed by atoms with Gasteiger partial charge in [-0.25, -0.2) is 4.98 Å². The highest BCUT2D eigenvalue weighted by atomic mass is 35.5. The quantitative estimate of drug-likeness (QED) is 0.174. The molecule has 0 saturated carbocycles. The third kappa shape index (κ3) is 7.75. The Morgan fingerprint density at radius 1 is 0.895 bits per heavy atom. The summed E-state index contributed by atoms with van der Waals surface area (Å²) in [6.07, 6.45) is 6.17. The number of para-hydroxylation sites is 4. The Hall–Kier alpha value is -3.51. The molecule has 200 valence electrons. The summed E-state index contributed by atoms with van der Waals surface area (Å²) < 4.78 is 13.7. The Bertz CT molecular complexity index is 1320. The molecule has 0 aliphatic carbocycles. The van der Waals surface area contributed by atoms with E-state index in [2.05, 4.69) is 28.1 Å². The number of nitrogens with zero attached hydrogens (tertiary/aromatic N) is 2. The Morgan fingerprint density at radius 3 is 2.50 bits per heavy atom. The van der Waals surface area contributed by atoms with Crippen LogP contribution < -0.4 is 14.8 Å². The highest BCUT2D eigenvalue weighted by Crippen LogP contribution is 2.26. The van der Waals surface area contributed by atoms with Crippen LogP contribution >= 0.6 is 11.6 Å². The van der Waals surface area contributed by atoms with Crippen molar-refractivity contribution in [3.8, 4) is 11.5 Å². The van der Waals surface area contributed by atoms with E-state index in [0.29, 0.717) is 24.6 Å². The number of methoxy groups -OCH3 is 1. The van der Waals surface area contributed by atoms with Crippen LogP contribution in [0.25, 0.3) is 11.0 Å². The molecule has 0 fully saturated rings. The second-order valence-electron chi connectivity index (χ2n) is 9.30. The van der Waals surface area contributed by atoms with E-state index >= 15 is 0 Å². The minimum atomic E-state index is 0.00887. The van der Waals surface area contributed by atoms with Crippen LogP contribution in [-0.4, -0.2) is 35.7 Å². The third-order valence-electron chi connectivity index (χ3n) is 6.54. The number of halogens is 1. The molecule has 1 N–H and O–H groups in total. The van der Waals surface area contributed by atoms with E-state index in [0.717, 1.165) is 73.5 Å². The second-order valence-corrected chi connectivity index (χ2v) is 9.71. The normalized spacial score (nSPS) is 11.0. The molecule has 0 radical (unpaired) electrons. The fourth-order valence-electron chi connectivity index (χ4n) is 4.55. The summed E-state index contributed by atoms with van der Waals surface area (Å²) in [6.45, 7) is 2.22. The van der Waals surface area contributed by atoms with E-state index < -0.39 is 0 Å². The lowest BCUT2D eigenvalue weighted by atomic mass is 10.1.